The van der Waals surface area contributed by atoms with Crippen molar-refractivity contribution in [3.63, 3.8) is 0 Å². The van der Waals surface area contributed by atoms with Crippen LogP contribution in [0.15, 0.2) is 36.5 Å². The summed E-state index contributed by atoms with van der Waals surface area (Å²) in [5.74, 6) is 11.9. The van der Waals surface area contributed by atoms with E-state index in [-0.39, 0.29) is 0 Å². The number of fused-ring (bicyclic) bond motifs is 15. The van der Waals surface area contributed by atoms with Crippen LogP contribution in [0.3, 0.4) is 0 Å². The Balaban J connectivity index is 1.21. The summed E-state index contributed by atoms with van der Waals surface area (Å²) in [6.07, 6.45) is 29.6. The number of allylic oxidation sites excluding steroid dienone is 6. The van der Waals surface area contributed by atoms with Gasteiger partial charge in [0.05, 0.1) is 0 Å². The molecule has 0 heterocycles. The Kier molecular flexibility index (Phi) is 3.49. The molecule has 0 saturated heterocycles. The van der Waals surface area contributed by atoms with E-state index in [1.54, 1.807) is 38.5 Å². The molecule has 0 spiro atoms. The summed E-state index contributed by atoms with van der Waals surface area (Å²) >= 11 is 0. The molecular formula is C27H36. The van der Waals surface area contributed by atoms with Gasteiger partial charge in [0.15, 0.2) is 0 Å². The van der Waals surface area contributed by atoms with Crippen LogP contribution in [0.1, 0.15) is 57.8 Å². The monoisotopic (exact) mass is 360 g/mol. The summed E-state index contributed by atoms with van der Waals surface area (Å²) < 4.78 is 0. The van der Waals surface area contributed by atoms with E-state index in [2.05, 4.69) is 36.5 Å². The summed E-state index contributed by atoms with van der Waals surface area (Å²) in [4.78, 5) is 0. The molecule has 6 bridgehead atoms. The molecule has 0 aromatic rings. The van der Waals surface area contributed by atoms with Gasteiger partial charge in [0.1, 0.15) is 0 Å². The van der Waals surface area contributed by atoms with E-state index in [0.29, 0.717) is 0 Å². The molecule has 27 heavy (non-hydrogen) atoms. The average molecular weight is 361 g/mol. The smallest absolute Gasteiger partial charge is 0.0196 e. The van der Waals surface area contributed by atoms with Gasteiger partial charge in [0.25, 0.3) is 0 Å². The van der Waals surface area contributed by atoms with Crippen molar-refractivity contribution in [3.05, 3.63) is 36.5 Å². The minimum Gasteiger partial charge on any atom is -0.0848 e. The predicted molar refractivity (Wildman–Crippen MR) is 111 cm³/mol. The van der Waals surface area contributed by atoms with Crippen molar-refractivity contribution >= 4 is 0 Å². The van der Waals surface area contributed by atoms with Gasteiger partial charge in [0.2, 0.25) is 0 Å². The third-order valence-corrected chi connectivity index (χ3v) is 10.9. The molecule has 0 aliphatic heterocycles. The lowest BCUT2D eigenvalue weighted by Crippen LogP contribution is -2.28. The second kappa shape index (κ2) is 5.87. The first-order chi connectivity index (χ1) is 13.3. The first kappa shape index (κ1) is 16.1. The molecule has 4 fully saturated rings. The fraction of sp³-hybridized carbons (Fsp3) is 0.778. The number of rotatable bonds is 0. The highest BCUT2D eigenvalue weighted by Crippen LogP contribution is 2.59. The van der Waals surface area contributed by atoms with Gasteiger partial charge < -0.3 is 0 Å². The predicted octanol–water partition coefficient (Wildman–Crippen LogP) is 6.66. The van der Waals surface area contributed by atoms with E-state index in [1.165, 1.54) is 19.3 Å². The first-order valence-corrected chi connectivity index (χ1v) is 12.4. The summed E-state index contributed by atoms with van der Waals surface area (Å²) in [5.41, 5.74) is 0. The number of hydrogen-bond acceptors (Lipinski definition) is 0. The molecule has 0 nitrogen and oxygen atoms in total. The Morgan fingerprint density at radius 1 is 0.296 bits per heavy atom. The van der Waals surface area contributed by atoms with Crippen LogP contribution in [0.5, 0.6) is 0 Å². The lowest BCUT2D eigenvalue weighted by atomic mass is 9.68. The summed E-state index contributed by atoms with van der Waals surface area (Å²) in [7, 11) is 0. The van der Waals surface area contributed by atoms with Gasteiger partial charge in [-0.3, -0.25) is 0 Å². The molecule has 7 aliphatic carbocycles. The van der Waals surface area contributed by atoms with E-state index < -0.39 is 0 Å². The van der Waals surface area contributed by atoms with Crippen LogP contribution >= 0.6 is 0 Å². The Bertz CT molecular complexity index is 548. The summed E-state index contributed by atoms with van der Waals surface area (Å²) in [6, 6.07) is 0. The Morgan fingerprint density at radius 2 is 0.481 bits per heavy atom. The van der Waals surface area contributed by atoms with Crippen LogP contribution in [0.25, 0.3) is 0 Å². The molecule has 0 amide bonds. The third-order valence-electron chi connectivity index (χ3n) is 10.9. The highest BCUT2D eigenvalue weighted by atomic mass is 14.5. The molecule has 0 aromatic heterocycles. The van der Waals surface area contributed by atoms with Crippen LogP contribution in [-0.2, 0) is 0 Å². The van der Waals surface area contributed by atoms with Gasteiger partial charge in [-0.2, -0.15) is 0 Å². The SMILES string of the molecule is C1=CC2CC1C1CCC3C4C=CC(C4)C3CCC3C4C=CC(C4)C3CCC21. The van der Waals surface area contributed by atoms with Crippen molar-refractivity contribution in [2.24, 2.45) is 71.0 Å². The van der Waals surface area contributed by atoms with Crippen LogP contribution in [0.4, 0.5) is 0 Å². The van der Waals surface area contributed by atoms with Gasteiger partial charge in [-0.15, -0.1) is 0 Å². The van der Waals surface area contributed by atoms with Crippen LogP contribution in [0, 0.1) is 71.0 Å². The Morgan fingerprint density at radius 3 is 0.667 bits per heavy atom. The molecule has 7 aliphatic rings. The molecule has 12 unspecified atom stereocenters. The molecule has 4 saturated carbocycles. The Hall–Kier alpha value is -0.780. The molecule has 144 valence electrons. The van der Waals surface area contributed by atoms with Crippen molar-refractivity contribution in [1.29, 1.82) is 0 Å². The minimum atomic E-state index is 0.950. The van der Waals surface area contributed by atoms with Gasteiger partial charge >= 0.3 is 0 Å². The van der Waals surface area contributed by atoms with Gasteiger partial charge in [-0.25, -0.2) is 0 Å². The van der Waals surface area contributed by atoms with Crippen LogP contribution < -0.4 is 0 Å². The maximum atomic E-state index is 2.62. The molecule has 0 aromatic carbocycles. The zero-order valence-electron chi connectivity index (χ0n) is 16.8. The second-order valence-electron chi connectivity index (χ2n) is 11.6. The molecule has 12 atom stereocenters. The third kappa shape index (κ3) is 2.28. The molecule has 7 rings (SSSR count). The van der Waals surface area contributed by atoms with Crippen LogP contribution in [-0.4, -0.2) is 0 Å². The average Bonchev–Trinajstić information content (AvgIpc) is 3.48. The highest BCUT2D eigenvalue weighted by molar-refractivity contribution is 5.18. The van der Waals surface area contributed by atoms with Gasteiger partial charge in [-0.1, -0.05) is 36.5 Å². The lowest BCUT2D eigenvalue weighted by Gasteiger charge is -2.37. The van der Waals surface area contributed by atoms with E-state index in [4.69, 9.17) is 0 Å². The van der Waals surface area contributed by atoms with Crippen molar-refractivity contribution < 1.29 is 0 Å². The molecule has 0 heteroatoms. The van der Waals surface area contributed by atoms with Gasteiger partial charge in [0, 0.05) is 0 Å². The highest BCUT2D eigenvalue weighted by Gasteiger charge is 2.50. The number of hydrogen-bond donors (Lipinski definition) is 0. The topological polar surface area (TPSA) is 0 Å². The second-order valence-corrected chi connectivity index (χ2v) is 11.6. The van der Waals surface area contributed by atoms with Crippen LogP contribution in [0.2, 0.25) is 0 Å². The Labute approximate surface area is 165 Å². The largest absolute Gasteiger partial charge is 0.0848 e. The van der Waals surface area contributed by atoms with E-state index in [1.807, 2.05) is 0 Å². The van der Waals surface area contributed by atoms with E-state index in [0.717, 1.165) is 71.0 Å². The van der Waals surface area contributed by atoms with Crippen molar-refractivity contribution in [2.45, 2.75) is 57.8 Å². The molecular weight excluding hydrogens is 324 g/mol. The standard InChI is InChI=1S/C27H36/c1-2-17-13-16(1)22-7-8-24-18-3-4-20(14-18)26(24)11-12-27-21-6-5-19(15-21)25(27)10-9-23(17)22/h1-6,16-27H,7-15H2. The van der Waals surface area contributed by atoms with Crippen molar-refractivity contribution in [2.75, 3.05) is 0 Å². The zero-order chi connectivity index (χ0) is 17.5. The molecule has 0 N–H and O–H groups in total. The molecule has 0 radical (unpaired) electrons. The zero-order valence-corrected chi connectivity index (χ0v) is 16.8. The fourth-order valence-corrected chi connectivity index (χ4v) is 9.80. The normalized spacial score (nSPS) is 59.6. The maximum Gasteiger partial charge on any atom is -0.0196 e. The summed E-state index contributed by atoms with van der Waals surface area (Å²) in [6.45, 7) is 0. The fourth-order valence-electron chi connectivity index (χ4n) is 9.80. The van der Waals surface area contributed by atoms with Crippen molar-refractivity contribution in [1.82, 2.24) is 0 Å². The first-order valence-electron chi connectivity index (χ1n) is 12.4. The van der Waals surface area contributed by atoms with Crippen molar-refractivity contribution in [3.8, 4) is 0 Å². The van der Waals surface area contributed by atoms with Gasteiger partial charge in [-0.05, 0) is 129 Å². The lowest BCUT2D eigenvalue weighted by molar-refractivity contribution is 0.162. The van der Waals surface area contributed by atoms with E-state index in [9.17, 15) is 0 Å². The summed E-state index contributed by atoms with van der Waals surface area (Å²) in [5, 5.41) is 0. The quantitative estimate of drug-likeness (QED) is 0.424. The maximum absolute atomic E-state index is 2.62. The minimum absolute atomic E-state index is 0.950. The van der Waals surface area contributed by atoms with E-state index >= 15 is 0 Å².